The van der Waals surface area contributed by atoms with Crippen LogP contribution in [0.3, 0.4) is 0 Å². The van der Waals surface area contributed by atoms with E-state index in [1.807, 2.05) is 13.0 Å². The van der Waals surface area contributed by atoms with Crippen LogP contribution >= 0.6 is 0 Å². The molecule has 0 saturated carbocycles. The zero-order valence-electron chi connectivity index (χ0n) is 17.3. The predicted molar refractivity (Wildman–Crippen MR) is 110 cm³/mol. The first kappa shape index (κ1) is 21.1. The summed E-state index contributed by atoms with van der Waals surface area (Å²) in [5, 5.41) is 0.0257. The Bertz CT molecular complexity index is 886. The van der Waals surface area contributed by atoms with Gasteiger partial charge in [-0.05, 0) is 37.2 Å². The number of fused-ring (bicyclic) bond motifs is 1. The highest BCUT2D eigenvalue weighted by Gasteiger charge is 2.50. The van der Waals surface area contributed by atoms with Crippen LogP contribution in [0.1, 0.15) is 26.3 Å². The second-order valence-corrected chi connectivity index (χ2v) is 15.6. The molecule has 2 aliphatic rings. The summed E-state index contributed by atoms with van der Waals surface area (Å²) in [5.41, 5.74) is 0.946. The van der Waals surface area contributed by atoms with Crippen LogP contribution in [0.25, 0.3) is 0 Å². The van der Waals surface area contributed by atoms with Crippen molar-refractivity contribution in [2.24, 2.45) is 5.92 Å². The fourth-order valence-electron chi connectivity index (χ4n) is 3.23. The van der Waals surface area contributed by atoms with E-state index in [1.165, 1.54) is 12.1 Å². The summed E-state index contributed by atoms with van der Waals surface area (Å²) in [6.45, 7) is 12.8. The third kappa shape index (κ3) is 3.65. The molecule has 28 heavy (non-hydrogen) atoms. The van der Waals surface area contributed by atoms with Crippen LogP contribution in [0.5, 0.6) is 0 Å². The van der Waals surface area contributed by atoms with Crippen molar-refractivity contribution in [2.75, 3.05) is 6.61 Å². The molecule has 3 atom stereocenters. The standard InChI is InChI=1S/C20H29NO5SSi/c1-14-7-9-15(10-8-14)27(23,24)21-17-11-12-18(16(17)13-25-19(21)22)26-28(5,6)20(2,3)4/h7-12,16-18H,13H2,1-6H3/t16-,17-,18+/m1/s1. The number of rotatable bonds is 4. The lowest BCUT2D eigenvalue weighted by molar-refractivity contribution is 0.0232. The second-order valence-electron chi connectivity index (χ2n) is 9.07. The molecule has 0 aromatic heterocycles. The van der Waals surface area contributed by atoms with E-state index in [-0.39, 0.29) is 28.6 Å². The first-order valence-corrected chi connectivity index (χ1v) is 13.8. The smallest absolute Gasteiger partial charge is 0.424 e. The lowest BCUT2D eigenvalue weighted by atomic mass is 10.0. The zero-order valence-corrected chi connectivity index (χ0v) is 19.1. The van der Waals surface area contributed by atoms with Crippen molar-refractivity contribution < 1.29 is 22.4 Å². The minimum absolute atomic E-state index is 0.0257. The first-order valence-electron chi connectivity index (χ1n) is 9.48. The molecule has 1 heterocycles. The maximum Gasteiger partial charge on any atom is 0.424 e. The number of sulfonamides is 1. The fraction of sp³-hybridized carbons (Fsp3) is 0.550. The number of nitrogens with zero attached hydrogens (tertiary/aromatic N) is 1. The van der Waals surface area contributed by atoms with Gasteiger partial charge in [0, 0.05) is 5.92 Å². The maximum atomic E-state index is 13.2. The molecule has 1 fully saturated rings. The molecule has 6 nitrogen and oxygen atoms in total. The van der Waals surface area contributed by atoms with Gasteiger partial charge in [-0.3, -0.25) is 0 Å². The average Bonchev–Trinajstić information content (AvgIpc) is 2.95. The van der Waals surface area contributed by atoms with E-state index in [4.69, 9.17) is 9.16 Å². The summed E-state index contributed by atoms with van der Waals surface area (Å²) >= 11 is 0. The van der Waals surface area contributed by atoms with Gasteiger partial charge in [0.1, 0.15) is 6.61 Å². The molecule has 1 aliphatic heterocycles. The largest absolute Gasteiger partial charge is 0.448 e. The number of amides is 1. The van der Waals surface area contributed by atoms with E-state index in [9.17, 15) is 13.2 Å². The molecule has 0 radical (unpaired) electrons. The Morgan fingerprint density at radius 1 is 1.14 bits per heavy atom. The molecule has 1 saturated heterocycles. The van der Waals surface area contributed by atoms with Crippen LogP contribution in [0, 0.1) is 12.8 Å². The summed E-state index contributed by atoms with van der Waals surface area (Å²) < 4.78 is 39.0. The van der Waals surface area contributed by atoms with Gasteiger partial charge in [0.25, 0.3) is 10.0 Å². The number of carbonyl (C=O) groups is 1. The summed E-state index contributed by atoms with van der Waals surface area (Å²) in [5.74, 6) is -0.243. The number of carbonyl (C=O) groups excluding carboxylic acids is 1. The maximum absolute atomic E-state index is 13.2. The molecular weight excluding hydrogens is 394 g/mol. The van der Waals surface area contributed by atoms with Gasteiger partial charge >= 0.3 is 6.09 Å². The molecule has 8 heteroatoms. The van der Waals surface area contributed by atoms with Crippen LogP contribution in [0.2, 0.25) is 18.1 Å². The van der Waals surface area contributed by atoms with Crippen molar-refractivity contribution in [3.8, 4) is 0 Å². The van der Waals surface area contributed by atoms with E-state index in [2.05, 4.69) is 33.9 Å². The molecule has 3 rings (SSSR count). The monoisotopic (exact) mass is 423 g/mol. The Morgan fingerprint density at radius 3 is 2.32 bits per heavy atom. The summed E-state index contributed by atoms with van der Waals surface area (Å²) in [4.78, 5) is 12.5. The van der Waals surface area contributed by atoms with Crippen LogP contribution in [0.4, 0.5) is 4.79 Å². The van der Waals surface area contributed by atoms with Gasteiger partial charge in [-0.15, -0.1) is 0 Å². The van der Waals surface area contributed by atoms with E-state index >= 15 is 0 Å². The predicted octanol–water partition coefficient (Wildman–Crippen LogP) is 4.08. The van der Waals surface area contributed by atoms with E-state index in [0.29, 0.717) is 0 Å². The minimum atomic E-state index is -4.01. The average molecular weight is 424 g/mol. The van der Waals surface area contributed by atoms with Gasteiger partial charge in [0.15, 0.2) is 8.32 Å². The van der Waals surface area contributed by atoms with Gasteiger partial charge < -0.3 is 9.16 Å². The Balaban J connectivity index is 1.89. The Kier molecular flexibility index (Phi) is 5.27. The molecule has 1 aliphatic carbocycles. The lowest BCUT2D eigenvalue weighted by Crippen LogP contribution is -2.55. The summed E-state index contributed by atoms with van der Waals surface area (Å²) in [6.07, 6.45) is 2.55. The molecule has 1 amide bonds. The van der Waals surface area contributed by atoms with E-state index < -0.39 is 30.5 Å². The van der Waals surface area contributed by atoms with Gasteiger partial charge in [0.05, 0.1) is 17.0 Å². The number of aryl methyl sites for hydroxylation is 1. The Labute approximate surface area is 168 Å². The molecule has 0 spiro atoms. The van der Waals surface area contributed by atoms with Gasteiger partial charge in [-0.2, -0.15) is 4.31 Å². The number of hydrogen-bond acceptors (Lipinski definition) is 5. The number of ether oxygens (including phenoxy) is 1. The zero-order chi connectivity index (χ0) is 20.9. The van der Waals surface area contributed by atoms with Crippen molar-refractivity contribution in [1.82, 2.24) is 4.31 Å². The molecule has 0 bridgehead atoms. The van der Waals surface area contributed by atoms with Crippen LogP contribution < -0.4 is 0 Å². The quantitative estimate of drug-likeness (QED) is 0.539. The number of benzene rings is 1. The molecule has 0 unspecified atom stereocenters. The summed E-state index contributed by atoms with van der Waals surface area (Å²) in [7, 11) is -6.08. The molecule has 1 aromatic carbocycles. The van der Waals surface area contributed by atoms with Crippen molar-refractivity contribution in [1.29, 1.82) is 0 Å². The molecule has 1 aromatic rings. The van der Waals surface area contributed by atoms with Crippen molar-refractivity contribution in [3.05, 3.63) is 42.0 Å². The first-order chi connectivity index (χ1) is 12.8. The van der Waals surface area contributed by atoms with Crippen molar-refractivity contribution >= 4 is 24.4 Å². The molecular formula is C20H29NO5SSi. The van der Waals surface area contributed by atoms with Crippen molar-refractivity contribution in [2.45, 2.75) is 62.9 Å². The van der Waals surface area contributed by atoms with Crippen LogP contribution in [-0.2, 0) is 19.2 Å². The number of hydrogen-bond donors (Lipinski definition) is 0. The van der Waals surface area contributed by atoms with Crippen LogP contribution in [0.15, 0.2) is 41.3 Å². The Hall–Kier alpha value is -1.64. The number of cyclic esters (lactones) is 1. The highest BCUT2D eigenvalue weighted by molar-refractivity contribution is 7.89. The minimum Gasteiger partial charge on any atom is -0.448 e. The van der Waals surface area contributed by atoms with E-state index in [0.717, 1.165) is 9.87 Å². The SMILES string of the molecule is Cc1ccc(S(=O)(=O)N2C(=O)OC[C@H]3[C@@H](O[Si](C)(C)C(C)(C)C)C=C[C@H]32)cc1. The topological polar surface area (TPSA) is 72.9 Å². The fourth-order valence-corrected chi connectivity index (χ4v) is 6.02. The highest BCUT2D eigenvalue weighted by atomic mass is 32.2. The highest BCUT2D eigenvalue weighted by Crippen LogP contribution is 2.41. The third-order valence-corrected chi connectivity index (χ3v) is 12.3. The molecule has 154 valence electrons. The van der Waals surface area contributed by atoms with Gasteiger partial charge in [0.2, 0.25) is 0 Å². The Morgan fingerprint density at radius 2 is 1.75 bits per heavy atom. The normalized spacial score (nSPS) is 25.6. The van der Waals surface area contributed by atoms with Crippen molar-refractivity contribution in [3.63, 3.8) is 0 Å². The van der Waals surface area contributed by atoms with E-state index in [1.54, 1.807) is 18.2 Å². The molecule has 0 N–H and O–H groups in total. The lowest BCUT2D eigenvalue weighted by Gasteiger charge is -2.42. The second kappa shape index (κ2) is 7.00. The van der Waals surface area contributed by atoms with Gasteiger partial charge in [-0.25, -0.2) is 13.2 Å². The van der Waals surface area contributed by atoms with Gasteiger partial charge in [-0.1, -0.05) is 50.6 Å². The van der Waals surface area contributed by atoms with Crippen LogP contribution in [-0.4, -0.2) is 45.9 Å². The third-order valence-electron chi connectivity index (χ3n) is 6.02. The summed E-state index contributed by atoms with van der Waals surface area (Å²) in [6, 6.07) is 5.87.